The number of fused-ring (bicyclic) bond motifs is 2. The molecule has 2 heterocycles. The van der Waals surface area contributed by atoms with Crippen molar-refractivity contribution in [2.45, 2.75) is 51.2 Å². The van der Waals surface area contributed by atoms with Gasteiger partial charge in [0.15, 0.2) is 11.6 Å². The molecule has 1 fully saturated rings. The Kier molecular flexibility index (Phi) is 7.92. The molecule has 2 N–H and O–H groups in total. The van der Waals surface area contributed by atoms with Crippen molar-refractivity contribution in [1.29, 1.82) is 0 Å². The highest BCUT2D eigenvalue weighted by Crippen LogP contribution is 2.48. The number of hydrogen-bond acceptors (Lipinski definition) is 6. The van der Waals surface area contributed by atoms with Crippen LogP contribution in [0.15, 0.2) is 23.1 Å². The fraction of sp³-hybridized carbons (Fsp3) is 0.538. The first kappa shape index (κ1) is 26.4. The number of aromatic nitrogens is 1. The quantitative estimate of drug-likeness (QED) is 0.489. The first-order valence-corrected chi connectivity index (χ1v) is 12.6. The number of phenolic OH excluding ortho intramolecular Hbond substituents is 1. The normalized spacial score (nSPS) is 21.2. The van der Waals surface area contributed by atoms with Gasteiger partial charge in [-0.05, 0) is 38.3 Å². The number of amides is 1. The average molecular weight is 522 g/mol. The lowest BCUT2D eigenvalue weighted by Crippen LogP contribution is -2.58. The Hall–Kier alpha value is -2.62. The Labute approximate surface area is 215 Å². The van der Waals surface area contributed by atoms with Crippen molar-refractivity contribution < 1.29 is 23.8 Å². The van der Waals surface area contributed by atoms with E-state index in [2.05, 4.69) is 14.8 Å². The number of nitrogens with zero attached hydrogens (tertiary/aromatic N) is 2. The first-order chi connectivity index (χ1) is 17.2. The number of unbranched alkanes of at least 4 members (excludes halogenated alkanes) is 1. The van der Waals surface area contributed by atoms with Crippen LogP contribution in [0.5, 0.6) is 11.5 Å². The smallest absolute Gasteiger partial charge is 0.257 e. The maximum atomic E-state index is 14.4. The Morgan fingerprint density at radius 3 is 2.81 bits per heavy atom. The largest absolute Gasteiger partial charge is 0.506 e. The van der Waals surface area contributed by atoms with Crippen LogP contribution in [0, 0.1) is 11.7 Å². The molecule has 1 aromatic carbocycles. The zero-order valence-corrected chi connectivity index (χ0v) is 21.7. The minimum atomic E-state index is -0.816. The molecule has 196 valence electrons. The third-order valence-corrected chi connectivity index (χ3v) is 7.43. The number of nitrogens with one attached hydrogen (secondary N) is 1. The molecule has 8 nitrogen and oxygen atoms in total. The van der Waals surface area contributed by atoms with E-state index in [0.29, 0.717) is 25.7 Å². The van der Waals surface area contributed by atoms with Crippen molar-refractivity contribution in [2.75, 3.05) is 33.9 Å². The van der Waals surface area contributed by atoms with Crippen LogP contribution in [-0.2, 0) is 23.4 Å². The molecular weight excluding hydrogens is 489 g/mol. The number of carbonyl (C=O) groups is 1. The number of rotatable bonds is 9. The minimum Gasteiger partial charge on any atom is -0.506 e. The van der Waals surface area contributed by atoms with Gasteiger partial charge in [0, 0.05) is 45.1 Å². The van der Waals surface area contributed by atoms with E-state index < -0.39 is 22.2 Å². The number of hydrogen-bond donors (Lipinski definition) is 2. The maximum Gasteiger partial charge on any atom is 0.257 e. The fourth-order valence-electron chi connectivity index (χ4n) is 5.40. The van der Waals surface area contributed by atoms with Crippen LogP contribution >= 0.6 is 11.6 Å². The summed E-state index contributed by atoms with van der Waals surface area (Å²) >= 11 is 5.78. The Morgan fingerprint density at radius 2 is 2.11 bits per heavy atom. The summed E-state index contributed by atoms with van der Waals surface area (Å²) in [5, 5.41) is 11.8. The van der Waals surface area contributed by atoms with Crippen molar-refractivity contribution in [2.24, 2.45) is 5.92 Å². The number of aromatic hydroxyl groups is 1. The number of halogens is 2. The molecule has 1 aliphatic heterocycles. The van der Waals surface area contributed by atoms with Gasteiger partial charge in [0.25, 0.3) is 5.91 Å². The van der Waals surface area contributed by atoms with Crippen LogP contribution in [0.4, 0.5) is 4.39 Å². The lowest BCUT2D eigenvalue weighted by atomic mass is 9.67. The summed E-state index contributed by atoms with van der Waals surface area (Å²) in [5.41, 5.74) is 0.0944. The van der Waals surface area contributed by atoms with Gasteiger partial charge in [0.1, 0.15) is 16.3 Å². The van der Waals surface area contributed by atoms with Crippen LogP contribution < -0.4 is 15.5 Å². The van der Waals surface area contributed by atoms with Gasteiger partial charge in [-0.3, -0.25) is 14.5 Å². The van der Waals surface area contributed by atoms with Crippen LogP contribution in [0.3, 0.4) is 0 Å². The topological polar surface area (TPSA) is 93.0 Å². The molecule has 0 saturated heterocycles. The van der Waals surface area contributed by atoms with Gasteiger partial charge < -0.3 is 24.5 Å². The number of benzene rings is 1. The maximum absolute atomic E-state index is 14.4. The predicted octanol–water partition coefficient (Wildman–Crippen LogP) is 3.65. The third kappa shape index (κ3) is 4.96. The minimum absolute atomic E-state index is 0.0466. The predicted molar refractivity (Wildman–Crippen MR) is 134 cm³/mol. The number of likely N-dealkylation sites (N-methyl/N-ethyl adjacent to an activating group) is 1. The van der Waals surface area contributed by atoms with Crippen LogP contribution in [0.1, 0.15) is 54.2 Å². The van der Waals surface area contributed by atoms with Gasteiger partial charge in [-0.15, -0.1) is 0 Å². The highest BCUT2D eigenvalue weighted by Gasteiger charge is 2.49. The van der Waals surface area contributed by atoms with E-state index in [1.807, 2.05) is 14.0 Å². The molecule has 4 rings (SSSR count). The summed E-state index contributed by atoms with van der Waals surface area (Å²) in [4.78, 5) is 28.9. The molecule has 0 unspecified atom stereocenters. The molecule has 10 heteroatoms. The zero-order valence-electron chi connectivity index (χ0n) is 20.9. The monoisotopic (exact) mass is 521 g/mol. The van der Waals surface area contributed by atoms with Crippen LogP contribution in [0.25, 0.3) is 0 Å². The number of pyridine rings is 1. The van der Waals surface area contributed by atoms with Gasteiger partial charge in [-0.2, -0.15) is 0 Å². The zero-order chi connectivity index (χ0) is 26.0. The summed E-state index contributed by atoms with van der Waals surface area (Å²) in [6.07, 6.45) is 5.07. The molecule has 1 saturated carbocycles. The summed E-state index contributed by atoms with van der Waals surface area (Å²) in [6.45, 7) is 4.21. The van der Waals surface area contributed by atoms with Crippen molar-refractivity contribution in [3.8, 4) is 11.5 Å². The molecule has 2 aromatic rings. The molecule has 0 radical (unpaired) electrons. The lowest BCUT2D eigenvalue weighted by Gasteiger charge is -2.54. The number of methoxy groups -OCH3 is 1. The summed E-state index contributed by atoms with van der Waals surface area (Å²) in [6, 6.07) is 2.60. The van der Waals surface area contributed by atoms with Crippen LogP contribution in [0.2, 0.25) is 5.02 Å². The fourth-order valence-corrected chi connectivity index (χ4v) is 5.58. The Bertz CT molecular complexity index is 1200. The second-order valence-electron chi connectivity index (χ2n) is 9.90. The van der Waals surface area contributed by atoms with E-state index in [1.165, 1.54) is 12.1 Å². The molecule has 1 amide bonds. The number of phenols is 1. The summed E-state index contributed by atoms with van der Waals surface area (Å²) in [5.74, 6) is -1.22. The molecule has 36 heavy (non-hydrogen) atoms. The van der Waals surface area contributed by atoms with E-state index in [1.54, 1.807) is 13.3 Å². The van der Waals surface area contributed by atoms with E-state index in [4.69, 9.17) is 21.1 Å². The summed E-state index contributed by atoms with van der Waals surface area (Å²) in [7, 11) is 3.71. The van der Waals surface area contributed by atoms with Gasteiger partial charge >= 0.3 is 0 Å². The van der Waals surface area contributed by atoms with Gasteiger partial charge in [-0.25, -0.2) is 4.39 Å². The lowest BCUT2D eigenvalue weighted by molar-refractivity contribution is -0.0273. The Morgan fingerprint density at radius 1 is 1.36 bits per heavy atom. The molecule has 0 atom stereocenters. The second-order valence-corrected chi connectivity index (χ2v) is 10.3. The van der Waals surface area contributed by atoms with Crippen molar-refractivity contribution in [1.82, 2.24) is 14.8 Å². The van der Waals surface area contributed by atoms with E-state index in [9.17, 15) is 19.1 Å². The van der Waals surface area contributed by atoms with Crippen LogP contribution in [-0.4, -0.2) is 54.4 Å². The van der Waals surface area contributed by atoms with E-state index in [-0.39, 0.29) is 34.7 Å². The van der Waals surface area contributed by atoms with Crippen molar-refractivity contribution in [3.05, 3.63) is 56.2 Å². The third-order valence-electron chi connectivity index (χ3n) is 7.07. The van der Waals surface area contributed by atoms with E-state index >= 15 is 0 Å². The van der Waals surface area contributed by atoms with Crippen molar-refractivity contribution in [3.63, 3.8) is 0 Å². The van der Waals surface area contributed by atoms with Gasteiger partial charge in [0.05, 0.1) is 17.8 Å². The molecule has 2 aliphatic rings. The van der Waals surface area contributed by atoms with Gasteiger partial charge in [0.2, 0.25) is 5.43 Å². The SMILES string of the molecule is CCCCOc1c2n(cc(C(=O)NCc3ccc(O)c(Cl)c3F)c1=O)[C@]1(CN(C)C2)C[C@H](COC)C1. The molecular formula is C26H33ClFN3O5. The Balaban J connectivity index is 1.69. The highest BCUT2D eigenvalue weighted by atomic mass is 35.5. The van der Waals surface area contributed by atoms with Gasteiger partial charge in [-0.1, -0.05) is 31.0 Å². The number of ether oxygens (including phenoxy) is 2. The number of carbonyl (C=O) groups excluding carboxylic acids is 1. The first-order valence-electron chi connectivity index (χ1n) is 12.2. The molecule has 1 aliphatic carbocycles. The standard InChI is InChI=1S/C26H33ClFN3O5/c1-4-5-8-36-24-19-13-30(2)15-26(9-16(10-26)14-35-3)31(19)12-18(23(24)33)25(34)29-11-17-6-7-20(32)21(27)22(17)28/h6-7,12,16,32H,4-5,8-11,13-15H2,1-3H3,(H,29,34)/t16-,26+. The second kappa shape index (κ2) is 10.8. The summed E-state index contributed by atoms with van der Waals surface area (Å²) < 4.78 is 27.8. The highest BCUT2D eigenvalue weighted by molar-refractivity contribution is 6.32. The molecule has 1 spiro atoms. The average Bonchev–Trinajstić information content (AvgIpc) is 2.82. The molecule has 1 aromatic heterocycles. The van der Waals surface area contributed by atoms with Crippen molar-refractivity contribution >= 4 is 17.5 Å². The molecule has 0 bridgehead atoms. The van der Waals surface area contributed by atoms with E-state index in [0.717, 1.165) is 37.9 Å².